The summed E-state index contributed by atoms with van der Waals surface area (Å²) in [6.07, 6.45) is 0.263. The van der Waals surface area contributed by atoms with Gasteiger partial charge >= 0.3 is 0 Å². The van der Waals surface area contributed by atoms with E-state index in [1.54, 1.807) is 18.2 Å². The van der Waals surface area contributed by atoms with Crippen molar-refractivity contribution in [2.45, 2.75) is 24.4 Å². The molecule has 1 aromatic carbocycles. The van der Waals surface area contributed by atoms with Crippen LogP contribution in [0.2, 0.25) is 5.02 Å². The van der Waals surface area contributed by atoms with Gasteiger partial charge in [0.15, 0.2) is 0 Å². The van der Waals surface area contributed by atoms with Gasteiger partial charge in [-0.2, -0.15) is 0 Å². The Bertz CT molecular complexity index is 922. The molecule has 4 rings (SSSR count). The van der Waals surface area contributed by atoms with Crippen molar-refractivity contribution in [2.24, 2.45) is 17.6 Å². The molecule has 0 saturated carbocycles. The zero-order valence-electron chi connectivity index (χ0n) is 15.7. The van der Waals surface area contributed by atoms with Gasteiger partial charge in [-0.25, -0.2) is 0 Å². The zero-order valence-corrected chi connectivity index (χ0v) is 16.5. The van der Waals surface area contributed by atoms with Crippen LogP contribution in [-0.2, 0) is 29.5 Å². The fourth-order valence-electron chi connectivity index (χ4n) is 4.78. The second-order valence-electron chi connectivity index (χ2n) is 7.53. The quantitative estimate of drug-likeness (QED) is 0.554. The Morgan fingerprint density at radius 1 is 1.31 bits per heavy atom. The maximum atomic E-state index is 13.3. The van der Waals surface area contributed by atoms with Crippen LogP contribution in [0.1, 0.15) is 18.4 Å². The summed E-state index contributed by atoms with van der Waals surface area (Å²) in [6.45, 7) is 0.293. The predicted molar refractivity (Wildman–Crippen MR) is 103 cm³/mol. The average Bonchev–Trinajstić information content (AvgIpc) is 3.24. The number of carbonyl (C=O) groups excluding carboxylic acids is 4. The second-order valence-corrected chi connectivity index (χ2v) is 7.97. The molecule has 3 aliphatic heterocycles. The van der Waals surface area contributed by atoms with Crippen LogP contribution < -0.4 is 16.4 Å². The van der Waals surface area contributed by atoms with Crippen molar-refractivity contribution in [2.75, 3.05) is 25.6 Å². The number of rotatable bonds is 6. The van der Waals surface area contributed by atoms with Gasteiger partial charge in [0.1, 0.15) is 5.54 Å². The summed E-state index contributed by atoms with van der Waals surface area (Å²) in [6, 6.07) is 4.38. The number of ether oxygens (including phenoxy) is 1. The third kappa shape index (κ3) is 2.84. The number of benzene rings is 1. The van der Waals surface area contributed by atoms with E-state index in [1.807, 2.05) is 0 Å². The zero-order chi connectivity index (χ0) is 20.9. The van der Waals surface area contributed by atoms with E-state index in [9.17, 15) is 19.2 Å². The second kappa shape index (κ2) is 7.08. The Hall–Kier alpha value is -2.49. The Morgan fingerprint density at radius 2 is 2.07 bits per heavy atom. The molecule has 0 radical (unpaired) electrons. The third-order valence-corrected chi connectivity index (χ3v) is 6.22. The van der Waals surface area contributed by atoms with E-state index in [0.29, 0.717) is 16.3 Å². The summed E-state index contributed by atoms with van der Waals surface area (Å²) in [5.41, 5.74) is 4.93. The number of imide groups is 1. The van der Waals surface area contributed by atoms with Gasteiger partial charge in [-0.3, -0.25) is 29.4 Å². The number of nitrogens with two attached hydrogens (primary N) is 1. The molecule has 154 valence electrons. The smallest absolute Gasteiger partial charge is 0.250 e. The van der Waals surface area contributed by atoms with E-state index in [2.05, 4.69) is 10.6 Å². The fraction of sp³-hybridized carbons (Fsp3) is 0.474. The average molecular weight is 421 g/mol. The minimum atomic E-state index is -1.43. The first-order valence-corrected chi connectivity index (χ1v) is 9.70. The van der Waals surface area contributed by atoms with Crippen molar-refractivity contribution < 1.29 is 23.9 Å². The molecule has 0 bridgehead atoms. The first kappa shape index (κ1) is 19.8. The largest absolute Gasteiger partial charge is 0.383 e. The number of amides is 4. The molecular weight excluding hydrogens is 400 g/mol. The standard InChI is InChI=1S/C19H21ClN4O5/c1-29-7-6-24-16(26)14-12(4-5-13(21)25)23-19(15(14)17(24)27)10-8-9(20)2-3-11(10)22-18(19)28/h2-3,8,12,14-15,23H,4-7H2,1H3,(H2,21,25)(H,22,28). The highest BCUT2D eigenvalue weighted by Crippen LogP contribution is 2.53. The van der Waals surface area contributed by atoms with Crippen LogP contribution >= 0.6 is 11.6 Å². The van der Waals surface area contributed by atoms with E-state index in [4.69, 9.17) is 22.1 Å². The van der Waals surface area contributed by atoms with Crippen LogP contribution in [0.5, 0.6) is 0 Å². The van der Waals surface area contributed by atoms with E-state index >= 15 is 0 Å². The van der Waals surface area contributed by atoms with Gasteiger partial charge < -0.3 is 15.8 Å². The number of likely N-dealkylation sites (tertiary alicyclic amines) is 1. The number of anilines is 1. The van der Waals surface area contributed by atoms with Gasteiger partial charge in [-0.1, -0.05) is 11.6 Å². The summed E-state index contributed by atoms with van der Waals surface area (Å²) in [5.74, 6) is -3.47. The molecule has 3 aliphatic rings. The van der Waals surface area contributed by atoms with Crippen molar-refractivity contribution >= 4 is 40.9 Å². The molecule has 29 heavy (non-hydrogen) atoms. The first-order valence-electron chi connectivity index (χ1n) is 9.33. The van der Waals surface area contributed by atoms with Crippen LogP contribution in [0.15, 0.2) is 18.2 Å². The number of nitrogens with zero attached hydrogens (tertiary/aromatic N) is 1. The molecule has 4 atom stereocenters. The van der Waals surface area contributed by atoms with Gasteiger partial charge in [-0.05, 0) is 24.6 Å². The van der Waals surface area contributed by atoms with Crippen LogP contribution in [0.25, 0.3) is 0 Å². The maximum Gasteiger partial charge on any atom is 0.250 e. The topological polar surface area (TPSA) is 131 Å². The molecule has 4 unspecified atom stereocenters. The summed E-state index contributed by atoms with van der Waals surface area (Å²) in [4.78, 5) is 52.0. The number of hydrogen-bond acceptors (Lipinski definition) is 6. The van der Waals surface area contributed by atoms with Gasteiger partial charge in [0.25, 0.3) is 0 Å². The molecule has 2 saturated heterocycles. The Labute approximate surface area is 171 Å². The van der Waals surface area contributed by atoms with Crippen LogP contribution in [0.4, 0.5) is 5.69 Å². The van der Waals surface area contributed by atoms with Crippen LogP contribution in [0, 0.1) is 11.8 Å². The minimum Gasteiger partial charge on any atom is -0.383 e. The minimum absolute atomic E-state index is 0.0283. The van der Waals surface area contributed by atoms with Crippen molar-refractivity contribution in [1.82, 2.24) is 10.2 Å². The Kier molecular flexibility index (Phi) is 4.84. The molecule has 9 nitrogen and oxygen atoms in total. The lowest BCUT2D eigenvalue weighted by Crippen LogP contribution is -2.53. The lowest BCUT2D eigenvalue weighted by molar-refractivity contribution is -0.143. The lowest BCUT2D eigenvalue weighted by Gasteiger charge is -2.29. The van der Waals surface area contributed by atoms with Crippen molar-refractivity contribution in [1.29, 1.82) is 0 Å². The molecule has 4 amide bonds. The Balaban J connectivity index is 1.81. The first-order chi connectivity index (χ1) is 13.8. The predicted octanol–water partition coefficient (Wildman–Crippen LogP) is -0.0277. The van der Waals surface area contributed by atoms with Crippen LogP contribution in [-0.4, -0.2) is 54.8 Å². The summed E-state index contributed by atoms with van der Waals surface area (Å²) in [7, 11) is 1.48. The number of fused-ring (bicyclic) bond motifs is 4. The highest BCUT2D eigenvalue weighted by molar-refractivity contribution is 6.31. The maximum absolute atomic E-state index is 13.3. The molecule has 0 aromatic heterocycles. The molecule has 4 N–H and O–H groups in total. The van der Waals surface area contributed by atoms with E-state index in [-0.39, 0.29) is 31.9 Å². The summed E-state index contributed by atoms with van der Waals surface area (Å²) >= 11 is 6.17. The highest BCUT2D eigenvalue weighted by Gasteiger charge is 2.70. The highest BCUT2D eigenvalue weighted by atomic mass is 35.5. The fourth-order valence-corrected chi connectivity index (χ4v) is 4.96. The van der Waals surface area contributed by atoms with Crippen molar-refractivity contribution in [3.05, 3.63) is 28.8 Å². The molecule has 2 fully saturated rings. The molecular formula is C19H21ClN4O5. The van der Waals surface area contributed by atoms with E-state index in [0.717, 1.165) is 4.90 Å². The van der Waals surface area contributed by atoms with Crippen molar-refractivity contribution in [3.63, 3.8) is 0 Å². The van der Waals surface area contributed by atoms with Gasteiger partial charge in [-0.15, -0.1) is 0 Å². The van der Waals surface area contributed by atoms with Gasteiger partial charge in [0, 0.05) is 35.8 Å². The normalized spacial score (nSPS) is 30.1. The number of methoxy groups -OCH3 is 1. The van der Waals surface area contributed by atoms with Gasteiger partial charge in [0.05, 0.1) is 25.0 Å². The molecule has 1 aromatic rings. The Morgan fingerprint density at radius 3 is 2.76 bits per heavy atom. The summed E-state index contributed by atoms with van der Waals surface area (Å²) in [5, 5.41) is 6.42. The molecule has 1 spiro atoms. The van der Waals surface area contributed by atoms with E-state index in [1.165, 1.54) is 7.11 Å². The van der Waals surface area contributed by atoms with E-state index < -0.39 is 41.1 Å². The third-order valence-electron chi connectivity index (χ3n) is 5.99. The molecule has 10 heteroatoms. The lowest BCUT2D eigenvalue weighted by atomic mass is 9.76. The molecule has 0 aliphatic carbocycles. The molecule has 3 heterocycles. The van der Waals surface area contributed by atoms with Crippen molar-refractivity contribution in [3.8, 4) is 0 Å². The monoisotopic (exact) mass is 420 g/mol. The SMILES string of the molecule is COCCN1C(=O)C2C(CCC(N)=O)NC3(C(=O)Nc4ccc(Cl)cc43)C2C1=O. The number of carbonyl (C=O) groups is 4. The number of hydrogen-bond donors (Lipinski definition) is 3. The number of primary amides is 1. The number of nitrogens with one attached hydrogen (secondary N) is 2. The van der Waals surface area contributed by atoms with Gasteiger partial charge in [0.2, 0.25) is 23.6 Å². The summed E-state index contributed by atoms with van der Waals surface area (Å²) < 4.78 is 5.02. The van der Waals surface area contributed by atoms with Crippen LogP contribution in [0.3, 0.4) is 0 Å². The number of halogens is 1.